The van der Waals surface area contributed by atoms with Crippen LogP contribution in [0.1, 0.15) is 18.9 Å². The molecule has 9 nitrogen and oxygen atoms in total. The van der Waals surface area contributed by atoms with Crippen LogP contribution in [0.15, 0.2) is 68.2 Å². The summed E-state index contributed by atoms with van der Waals surface area (Å²) in [4.78, 5) is 24.2. The minimum Gasteiger partial charge on any atom is -0.451 e. The van der Waals surface area contributed by atoms with Crippen LogP contribution >= 0.6 is 0 Å². The van der Waals surface area contributed by atoms with Crippen LogP contribution in [0.2, 0.25) is 0 Å². The summed E-state index contributed by atoms with van der Waals surface area (Å²) in [6, 6.07) is 14.3. The lowest BCUT2D eigenvalue weighted by molar-refractivity contribution is -0.150. The molecule has 0 bridgehead atoms. The van der Waals surface area contributed by atoms with Crippen molar-refractivity contribution in [3.8, 4) is 22.9 Å². The fourth-order valence-electron chi connectivity index (χ4n) is 2.62. The summed E-state index contributed by atoms with van der Waals surface area (Å²) in [7, 11) is 0. The number of carbonyl (C=O) groups is 1. The van der Waals surface area contributed by atoms with E-state index in [1.54, 1.807) is 31.2 Å². The summed E-state index contributed by atoms with van der Waals surface area (Å²) in [5.41, 5.74) is 1.13. The lowest BCUT2D eigenvalue weighted by atomic mass is 10.2. The first kappa shape index (κ1) is 19.2. The Morgan fingerprint density at radius 1 is 1.03 bits per heavy atom. The lowest BCUT2D eigenvalue weighted by Crippen LogP contribution is -2.23. The normalized spacial score (nSPS) is 11.9. The van der Waals surface area contributed by atoms with Crippen LogP contribution in [0.25, 0.3) is 22.9 Å². The van der Waals surface area contributed by atoms with Crippen molar-refractivity contribution in [2.24, 2.45) is 0 Å². The Labute approximate surface area is 168 Å². The van der Waals surface area contributed by atoms with E-state index in [2.05, 4.69) is 15.3 Å². The molecule has 0 aliphatic heterocycles. The molecule has 0 saturated heterocycles. The molecule has 0 radical (unpaired) electrons. The summed E-state index contributed by atoms with van der Waals surface area (Å²) in [5, 5.41) is 11.7. The van der Waals surface area contributed by atoms with Gasteiger partial charge in [0.05, 0.1) is 0 Å². The van der Waals surface area contributed by atoms with Gasteiger partial charge in [0.2, 0.25) is 11.8 Å². The van der Waals surface area contributed by atoms with E-state index in [4.69, 9.17) is 13.6 Å². The molecule has 0 N–H and O–H groups in total. The predicted molar refractivity (Wildman–Crippen MR) is 100 cm³/mol. The zero-order chi connectivity index (χ0) is 21.1. The fourth-order valence-corrected chi connectivity index (χ4v) is 2.62. The van der Waals surface area contributed by atoms with Crippen LogP contribution in [0.5, 0.6) is 0 Å². The first-order valence-electron chi connectivity index (χ1n) is 8.92. The monoisotopic (exact) mass is 410 g/mol. The molecule has 0 saturated carbocycles. The molecule has 1 atom stereocenters. The molecule has 0 amide bonds. The maximum Gasteiger partial charge on any atom is 0.437 e. The van der Waals surface area contributed by atoms with Crippen molar-refractivity contribution in [2.75, 3.05) is 0 Å². The van der Waals surface area contributed by atoms with Gasteiger partial charge in [0, 0.05) is 11.1 Å². The fraction of sp³-hybridized carbons (Fsp3) is 0.150. The Balaban J connectivity index is 1.42. The van der Waals surface area contributed by atoms with Gasteiger partial charge >= 0.3 is 11.7 Å². The van der Waals surface area contributed by atoms with Crippen molar-refractivity contribution < 1.29 is 22.8 Å². The third kappa shape index (κ3) is 4.17. The van der Waals surface area contributed by atoms with Crippen molar-refractivity contribution >= 4 is 5.97 Å². The zero-order valence-electron chi connectivity index (χ0n) is 15.7. The highest BCUT2D eigenvalue weighted by atomic mass is 19.1. The van der Waals surface area contributed by atoms with Crippen LogP contribution < -0.4 is 5.76 Å². The minimum atomic E-state index is -0.865. The van der Waals surface area contributed by atoms with Gasteiger partial charge in [0.25, 0.3) is 5.89 Å². The van der Waals surface area contributed by atoms with Gasteiger partial charge in [0.15, 0.2) is 6.10 Å². The smallest absolute Gasteiger partial charge is 0.437 e. The van der Waals surface area contributed by atoms with Gasteiger partial charge in [-0.25, -0.2) is 9.18 Å². The first-order valence-corrected chi connectivity index (χ1v) is 8.92. The Bertz CT molecular complexity index is 1210. The van der Waals surface area contributed by atoms with Crippen LogP contribution in [0, 0.1) is 5.82 Å². The second-order valence-corrected chi connectivity index (χ2v) is 6.28. The average Bonchev–Trinajstić information content (AvgIpc) is 3.37. The number of aromatic nitrogens is 4. The number of nitrogens with zero attached hydrogens (tertiary/aromatic N) is 4. The number of rotatable bonds is 6. The molecular weight excluding hydrogens is 395 g/mol. The molecule has 0 unspecified atom stereocenters. The summed E-state index contributed by atoms with van der Waals surface area (Å²) < 4.78 is 29.7. The molecule has 0 spiro atoms. The van der Waals surface area contributed by atoms with Crippen LogP contribution in [-0.4, -0.2) is 25.9 Å². The molecular formula is C20H15FN4O5. The van der Waals surface area contributed by atoms with Crippen molar-refractivity contribution in [1.29, 1.82) is 0 Å². The van der Waals surface area contributed by atoms with Crippen LogP contribution in [0.3, 0.4) is 0 Å². The van der Waals surface area contributed by atoms with Crippen LogP contribution in [0.4, 0.5) is 4.39 Å². The maximum atomic E-state index is 13.0. The Kier molecular flexibility index (Phi) is 5.21. The van der Waals surface area contributed by atoms with Crippen molar-refractivity contribution in [3.63, 3.8) is 0 Å². The van der Waals surface area contributed by atoms with Crippen molar-refractivity contribution in [2.45, 2.75) is 19.6 Å². The Hall–Kier alpha value is -4.08. The van der Waals surface area contributed by atoms with Gasteiger partial charge in [-0.15, -0.1) is 15.3 Å². The van der Waals surface area contributed by atoms with Gasteiger partial charge in [-0.2, -0.15) is 4.68 Å². The summed E-state index contributed by atoms with van der Waals surface area (Å²) in [5.74, 6) is -1.59. The van der Waals surface area contributed by atoms with Gasteiger partial charge in [0.1, 0.15) is 12.4 Å². The summed E-state index contributed by atoms with van der Waals surface area (Å²) in [6.45, 7) is 1.10. The molecule has 2 aromatic carbocycles. The predicted octanol–water partition coefficient (Wildman–Crippen LogP) is 3.00. The highest BCUT2D eigenvalue weighted by Crippen LogP contribution is 2.22. The first-order chi connectivity index (χ1) is 14.5. The Morgan fingerprint density at radius 3 is 2.47 bits per heavy atom. The highest BCUT2D eigenvalue weighted by molar-refractivity contribution is 5.69. The van der Waals surface area contributed by atoms with Crippen molar-refractivity contribution in [1.82, 2.24) is 20.0 Å². The molecule has 4 rings (SSSR count). The van der Waals surface area contributed by atoms with E-state index < -0.39 is 24.4 Å². The number of ether oxygens (including phenoxy) is 1. The standard InChI is InChI=1S/C20H15FN4O5/c1-12(17-22-23-18(29-17)14-7-9-15(21)10-8-14)28-16(26)11-25-20(27)30-19(24-25)13-5-3-2-4-6-13/h2-10,12H,11H2,1H3/t12-/m1/s1. The zero-order valence-corrected chi connectivity index (χ0v) is 15.7. The largest absolute Gasteiger partial charge is 0.451 e. The van der Waals surface area contributed by atoms with E-state index in [1.165, 1.54) is 24.3 Å². The third-order valence-corrected chi connectivity index (χ3v) is 4.09. The molecule has 0 aliphatic rings. The van der Waals surface area contributed by atoms with Gasteiger partial charge in [-0.05, 0) is 43.3 Å². The number of carbonyl (C=O) groups excluding carboxylic acids is 1. The molecule has 10 heteroatoms. The van der Waals surface area contributed by atoms with Crippen LogP contribution in [-0.2, 0) is 16.1 Å². The lowest BCUT2D eigenvalue weighted by Gasteiger charge is -2.08. The molecule has 30 heavy (non-hydrogen) atoms. The number of hydrogen-bond donors (Lipinski definition) is 0. The maximum absolute atomic E-state index is 13.0. The minimum absolute atomic E-state index is 0.0557. The quantitative estimate of drug-likeness (QED) is 0.446. The number of halogens is 1. The molecule has 2 heterocycles. The number of hydrogen-bond acceptors (Lipinski definition) is 8. The van der Waals surface area contributed by atoms with E-state index in [9.17, 15) is 14.0 Å². The van der Waals surface area contributed by atoms with Gasteiger partial charge in [-0.1, -0.05) is 18.2 Å². The van der Waals surface area contributed by atoms with Gasteiger partial charge < -0.3 is 13.6 Å². The second-order valence-electron chi connectivity index (χ2n) is 6.28. The van der Waals surface area contributed by atoms with E-state index >= 15 is 0 Å². The molecule has 4 aromatic rings. The van der Waals surface area contributed by atoms with Crippen molar-refractivity contribution in [3.05, 3.63) is 76.9 Å². The van der Waals surface area contributed by atoms with E-state index in [1.807, 2.05) is 6.07 Å². The summed E-state index contributed by atoms with van der Waals surface area (Å²) >= 11 is 0. The van der Waals surface area contributed by atoms with E-state index in [0.717, 1.165) is 4.68 Å². The topological polar surface area (TPSA) is 113 Å². The highest BCUT2D eigenvalue weighted by Gasteiger charge is 2.21. The number of esters is 1. The third-order valence-electron chi connectivity index (χ3n) is 4.09. The number of benzene rings is 2. The molecule has 0 fully saturated rings. The second kappa shape index (κ2) is 8.11. The van der Waals surface area contributed by atoms with E-state index in [-0.39, 0.29) is 23.5 Å². The average molecular weight is 410 g/mol. The summed E-state index contributed by atoms with van der Waals surface area (Å²) in [6.07, 6.45) is -0.865. The van der Waals surface area contributed by atoms with Gasteiger partial charge in [-0.3, -0.25) is 4.79 Å². The van der Waals surface area contributed by atoms with E-state index in [0.29, 0.717) is 11.1 Å². The molecule has 152 valence electrons. The molecule has 2 aromatic heterocycles. The molecule has 0 aliphatic carbocycles. The SMILES string of the molecule is C[C@@H](OC(=O)Cn1nc(-c2ccccc2)oc1=O)c1nnc(-c2ccc(F)cc2)o1. The Morgan fingerprint density at radius 2 is 1.73 bits per heavy atom.